The first-order chi connectivity index (χ1) is 13.1. The van der Waals surface area contributed by atoms with Gasteiger partial charge in [0.2, 0.25) is 0 Å². The molecule has 1 N–H and O–H groups in total. The normalized spacial score (nSPS) is 14.5. The Hall–Kier alpha value is -1.30. The minimum Gasteiger partial charge on any atom is -0.481 e. The third-order valence-electron chi connectivity index (χ3n) is 4.92. The van der Waals surface area contributed by atoms with Crippen molar-refractivity contribution in [2.45, 2.75) is 56.3 Å². The number of thiophene rings is 1. The van der Waals surface area contributed by atoms with Gasteiger partial charge in [-0.15, -0.1) is 23.1 Å². The predicted octanol–water partition coefficient (Wildman–Crippen LogP) is 6.73. The number of Topliss-reactive ketones (excluding diaryl/α,β-unsaturated/α-hetero) is 1. The van der Waals surface area contributed by atoms with Gasteiger partial charge < -0.3 is 5.11 Å². The van der Waals surface area contributed by atoms with Gasteiger partial charge in [0.25, 0.3) is 0 Å². The molecule has 27 heavy (non-hydrogen) atoms. The number of carboxylic acid groups (broad SMARTS) is 1. The number of carbonyl (C=O) groups excluding carboxylic acids is 1. The van der Waals surface area contributed by atoms with Gasteiger partial charge in [0, 0.05) is 44.5 Å². The number of thioether (sulfide) groups is 1. The maximum Gasteiger partial charge on any atom is 0.303 e. The van der Waals surface area contributed by atoms with Gasteiger partial charge in [-0.05, 0) is 37.8 Å². The number of rotatable bonds is 10. The molecule has 1 aromatic carbocycles. The molecular formula is C21H23ClO3S2. The number of hydrogen-bond donors (Lipinski definition) is 1. The van der Waals surface area contributed by atoms with Crippen LogP contribution in [0.2, 0.25) is 5.02 Å². The molecule has 3 nitrogen and oxygen atoms in total. The van der Waals surface area contributed by atoms with E-state index in [1.54, 1.807) is 23.1 Å². The van der Waals surface area contributed by atoms with E-state index in [4.69, 9.17) is 16.7 Å². The predicted molar refractivity (Wildman–Crippen MR) is 114 cm³/mol. The summed E-state index contributed by atoms with van der Waals surface area (Å²) >= 11 is 9.69. The van der Waals surface area contributed by atoms with Crippen molar-refractivity contribution in [2.75, 3.05) is 5.75 Å². The van der Waals surface area contributed by atoms with Crippen LogP contribution in [-0.4, -0.2) is 22.6 Å². The van der Waals surface area contributed by atoms with E-state index in [1.165, 1.54) is 10.3 Å². The van der Waals surface area contributed by atoms with E-state index in [0.29, 0.717) is 12.2 Å². The molecule has 1 aromatic heterocycles. The van der Waals surface area contributed by atoms with Crippen molar-refractivity contribution in [2.24, 2.45) is 0 Å². The average molecular weight is 423 g/mol. The third-order valence-corrected chi connectivity index (χ3v) is 7.38. The van der Waals surface area contributed by atoms with Crippen molar-refractivity contribution >= 4 is 56.5 Å². The van der Waals surface area contributed by atoms with E-state index in [9.17, 15) is 9.59 Å². The number of ketones is 1. The molecule has 0 saturated carbocycles. The van der Waals surface area contributed by atoms with E-state index in [1.807, 2.05) is 11.4 Å². The molecule has 6 heteroatoms. The molecule has 144 valence electrons. The highest BCUT2D eigenvalue weighted by Gasteiger charge is 2.22. The lowest BCUT2D eigenvalue weighted by molar-refractivity contribution is -0.137. The Morgan fingerprint density at radius 1 is 1.19 bits per heavy atom. The highest BCUT2D eigenvalue weighted by atomic mass is 35.5. The van der Waals surface area contributed by atoms with Gasteiger partial charge in [-0.25, -0.2) is 0 Å². The molecule has 1 aliphatic carbocycles. The largest absolute Gasteiger partial charge is 0.481 e. The maximum atomic E-state index is 12.3. The number of aliphatic carboxylic acids is 1. The van der Waals surface area contributed by atoms with Crippen LogP contribution in [0.15, 0.2) is 39.6 Å². The molecule has 0 spiro atoms. The Kier molecular flexibility index (Phi) is 7.39. The number of unbranched alkanes of at least 4 members (excludes halogenated alkanes) is 3. The van der Waals surface area contributed by atoms with Crippen LogP contribution in [0.5, 0.6) is 0 Å². The quantitative estimate of drug-likeness (QED) is 0.340. The second kappa shape index (κ2) is 9.76. The smallest absolute Gasteiger partial charge is 0.303 e. The lowest BCUT2D eigenvalue weighted by Gasteiger charge is -2.08. The number of hydrogen-bond acceptors (Lipinski definition) is 4. The van der Waals surface area contributed by atoms with Crippen LogP contribution < -0.4 is 0 Å². The number of carboxylic acids is 1. The number of benzene rings is 1. The van der Waals surface area contributed by atoms with Crippen LogP contribution in [0.1, 0.15) is 51.4 Å². The molecule has 0 radical (unpaired) electrons. The van der Waals surface area contributed by atoms with Crippen LogP contribution in [-0.2, 0) is 9.59 Å². The van der Waals surface area contributed by atoms with Crippen molar-refractivity contribution in [1.82, 2.24) is 0 Å². The van der Waals surface area contributed by atoms with Gasteiger partial charge >= 0.3 is 5.97 Å². The highest BCUT2D eigenvalue weighted by Crippen LogP contribution is 2.39. The summed E-state index contributed by atoms with van der Waals surface area (Å²) in [7, 11) is 0. The van der Waals surface area contributed by atoms with Gasteiger partial charge in [0.15, 0.2) is 5.78 Å². The summed E-state index contributed by atoms with van der Waals surface area (Å²) < 4.78 is 1.18. The third kappa shape index (κ3) is 5.37. The summed E-state index contributed by atoms with van der Waals surface area (Å²) in [5.74, 6) is 0.268. The van der Waals surface area contributed by atoms with E-state index in [-0.39, 0.29) is 12.2 Å². The molecule has 3 rings (SSSR count). The Labute approximate surface area is 172 Å². The molecule has 0 amide bonds. The van der Waals surface area contributed by atoms with E-state index in [2.05, 4.69) is 12.1 Å². The maximum absolute atomic E-state index is 12.3. The van der Waals surface area contributed by atoms with Crippen molar-refractivity contribution in [3.8, 4) is 0 Å². The summed E-state index contributed by atoms with van der Waals surface area (Å²) in [6.45, 7) is 0. The fourth-order valence-corrected chi connectivity index (χ4v) is 6.04. The topological polar surface area (TPSA) is 54.4 Å². The molecule has 2 aromatic rings. The van der Waals surface area contributed by atoms with Crippen LogP contribution in [0.25, 0.3) is 10.1 Å². The SMILES string of the molecule is O=C(O)CCCCCCC1=C(CSc2cccc3scc(Cl)c23)C(=O)CC1. The first-order valence-corrected chi connectivity index (χ1v) is 11.5. The van der Waals surface area contributed by atoms with E-state index < -0.39 is 5.97 Å². The molecule has 0 aliphatic heterocycles. The summed E-state index contributed by atoms with van der Waals surface area (Å²) in [5.41, 5.74) is 2.29. The fourth-order valence-electron chi connectivity index (χ4n) is 3.48. The standard InChI is InChI=1S/C21H23ClO3S2/c22-16-13-27-19-8-5-7-18(21(16)19)26-12-15-14(10-11-17(15)23)6-3-1-2-4-9-20(24)25/h5,7-8,13H,1-4,6,9-12H2,(H,24,25). The Morgan fingerprint density at radius 3 is 2.81 bits per heavy atom. The fraction of sp³-hybridized carbons (Fsp3) is 0.429. The number of fused-ring (bicyclic) bond motifs is 1. The van der Waals surface area contributed by atoms with Crippen molar-refractivity contribution in [3.05, 3.63) is 39.7 Å². The van der Waals surface area contributed by atoms with Gasteiger partial charge in [-0.2, -0.15) is 0 Å². The highest BCUT2D eigenvalue weighted by molar-refractivity contribution is 7.99. The van der Waals surface area contributed by atoms with Gasteiger partial charge in [-0.3, -0.25) is 9.59 Å². The minimum atomic E-state index is -0.723. The Bertz CT molecular complexity index is 869. The summed E-state index contributed by atoms with van der Waals surface area (Å²) in [6.07, 6.45) is 6.45. The average Bonchev–Trinajstić information content (AvgIpc) is 3.19. The van der Waals surface area contributed by atoms with Crippen molar-refractivity contribution in [3.63, 3.8) is 0 Å². The molecule has 1 aliphatic rings. The Morgan fingerprint density at radius 2 is 2.00 bits per heavy atom. The van der Waals surface area contributed by atoms with Gasteiger partial charge in [-0.1, -0.05) is 36.1 Å². The second-order valence-electron chi connectivity index (χ2n) is 6.81. The lowest BCUT2D eigenvalue weighted by Crippen LogP contribution is -2.00. The molecule has 0 bridgehead atoms. The minimum absolute atomic E-state index is 0.250. The van der Waals surface area contributed by atoms with E-state index in [0.717, 1.165) is 59.4 Å². The second-order valence-corrected chi connectivity index (χ2v) is 9.15. The van der Waals surface area contributed by atoms with Crippen LogP contribution in [0.4, 0.5) is 0 Å². The first-order valence-electron chi connectivity index (χ1n) is 9.30. The number of allylic oxidation sites excluding steroid dienone is 1. The molecule has 0 unspecified atom stereocenters. The first kappa shape index (κ1) is 20.4. The molecular weight excluding hydrogens is 400 g/mol. The monoisotopic (exact) mass is 422 g/mol. The zero-order valence-electron chi connectivity index (χ0n) is 15.1. The molecule has 0 fully saturated rings. The van der Waals surface area contributed by atoms with Crippen LogP contribution in [0, 0.1) is 0 Å². The van der Waals surface area contributed by atoms with Gasteiger partial charge in [0.1, 0.15) is 0 Å². The summed E-state index contributed by atoms with van der Waals surface area (Å²) in [6, 6.07) is 6.19. The zero-order valence-corrected chi connectivity index (χ0v) is 17.5. The number of carbonyl (C=O) groups is 2. The summed E-state index contributed by atoms with van der Waals surface area (Å²) in [4.78, 5) is 24.0. The Balaban J connectivity index is 1.58. The van der Waals surface area contributed by atoms with Gasteiger partial charge in [0.05, 0.1) is 5.02 Å². The van der Waals surface area contributed by atoms with E-state index >= 15 is 0 Å². The van der Waals surface area contributed by atoms with Crippen LogP contribution in [0.3, 0.4) is 0 Å². The summed E-state index contributed by atoms with van der Waals surface area (Å²) in [5, 5.41) is 12.5. The number of halogens is 1. The van der Waals surface area contributed by atoms with Crippen molar-refractivity contribution in [1.29, 1.82) is 0 Å². The molecule has 0 atom stereocenters. The molecule has 1 heterocycles. The lowest BCUT2D eigenvalue weighted by atomic mass is 10.0. The zero-order chi connectivity index (χ0) is 19.2. The van der Waals surface area contributed by atoms with Crippen molar-refractivity contribution < 1.29 is 14.7 Å². The molecule has 0 saturated heterocycles. The van der Waals surface area contributed by atoms with Crippen LogP contribution >= 0.6 is 34.7 Å².